The summed E-state index contributed by atoms with van der Waals surface area (Å²) in [4.78, 5) is 8.20. The van der Waals surface area contributed by atoms with Crippen LogP contribution in [0.5, 0.6) is 0 Å². The van der Waals surface area contributed by atoms with Crippen molar-refractivity contribution in [3.63, 3.8) is 0 Å². The molecule has 0 atom stereocenters. The van der Waals surface area contributed by atoms with Crippen LogP contribution in [0.25, 0.3) is 0 Å². The second-order valence-corrected chi connectivity index (χ2v) is 3.28. The molecule has 17 heavy (non-hydrogen) atoms. The molecule has 0 saturated heterocycles. The lowest BCUT2D eigenvalue weighted by Gasteiger charge is -1.92. The minimum absolute atomic E-state index is 0.848. The number of hydrogen-bond acceptors (Lipinski definition) is 3. The zero-order valence-electron chi connectivity index (χ0n) is 9.23. The fourth-order valence-corrected chi connectivity index (χ4v) is 1.24. The predicted octanol–water partition coefficient (Wildman–Crippen LogP) is 3.72. The molecule has 0 aliphatic carbocycles. The van der Waals surface area contributed by atoms with E-state index in [0.29, 0.717) is 0 Å². The van der Waals surface area contributed by atoms with E-state index in [2.05, 4.69) is 9.98 Å². The van der Waals surface area contributed by atoms with Crippen LogP contribution in [0.3, 0.4) is 0 Å². The van der Waals surface area contributed by atoms with Gasteiger partial charge in [-0.2, -0.15) is 0 Å². The maximum atomic E-state index is 5.06. The first-order chi connectivity index (χ1) is 8.45. The quantitative estimate of drug-likeness (QED) is 0.575. The van der Waals surface area contributed by atoms with E-state index in [0.717, 1.165) is 11.4 Å². The molecule has 0 spiro atoms. The molecule has 0 aliphatic rings. The second-order valence-electron chi connectivity index (χ2n) is 3.28. The van der Waals surface area contributed by atoms with E-state index in [1.54, 1.807) is 0 Å². The van der Waals surface area contributed by atoms with Crippen LogP contribution in [-0.2, 0) is 4.74 Å². The van der Waals surface area contributed by atoms with Crippen molar-refractivity contribution in [2.24, 2.45) is 9.98 Å². The molecule has 0 N–H and O–H groups in total. The molecule has 0 amide bonds. The van der Waals surface area contributed by atoms with Crippen LogP contribution in [0.4, 0.5) is 11.4 Å². The number of aliphatic imine (C=N–C) groups is 2. The Bertz CT molecular complexity index is 445. The molecule has 2 rings (SSSR count). The first-order valence-corrected chi connectivity index (χ1v) is 5.26. The summed E-state index contributed by atoms with van der Waals surface area (Å²) < 4.78 is 5.06. The summed E-state index contributed by atoms with van der Waals surface area (Å²) in [6.07, 6.45) is 2.73. The van der Waals surface area contributed by atoms with Crippen LogP contribution in [0.15, 0.2) is 70.6 Å². The van der Waals surface area contributed by atoms with Crippen molar-refractivity contribution in [2.45, 2.75) is 0 Å². The van der Waals surface area contributed by atoms with Gasteiger partial charge in [-0.3, -0.25) is 0 Å². The zero-order valence-corrected chi connectivity index (χ0v) is 9.23. The third-order valence-corrected chi connectivity index (χ3v) is 2.04. The molecule has 0 bridgehead atoms. The number of hydrogen-bond donors (Lipinski definition) is 0. The fourth-order valence-electron chi connectivity index (χ4n) is 1.24. The Hall–Kier alpha value is -2.42. The second kappa shape index (κ2) is 6.23. The Morgan fingerprint density at radius 3 is 1.47 bits per heavy atom. The van der Waals surface area contributed by atoms with Crippen molar-refractivity contribution in [2.75, 3.05) is 0 Å². The molecule has 2 aromatic rings. The minimum Gasteiger partial charge on any atom is -0.434 e. The summed E-state index contributed by atoms with van der Waals surface area (Å²) in [5.41, 5.74) is 1.70. The van der Waals surface area contributed by atoms with Gasteiger partial charge in [0, 0.05) is 0 Å². The van der Waals surface area contributed by atoms with Crippen LogP contribution in [0.2, 0.25) is 0 Å². The Morgan fingerprint density at radius 1 is 0.647 bits per heavy atom. The van der Waals surface area contributed by atoms with E-state index < -0.39 is 0 Å². The summed E-state index contributed by atoms with van der Waals surface area (Å²) in [5, 5.41) is 0. The Morgan fingerprint density at radius 2 is 1.06 bits per heavy atom. The monoisotopic (exact) mass is 224 g/mol. The number of benzene rings is 2. The van der Waals surface area contributed by atoms with Gasteiger partial charge in [0.2, 0.25) is 0 Å². The van der Waals surface area contributed by atoms with Gasteiger partial charge in [0.15, 0.2) is 12.8 Å². The van der Waals surface area contributed by atoms with Gasteiger partial charge < -0.3 is 4.74 Å². The molecule has 84 valence electrons. The Balaban J connectivity index is 1.84. The molecule has 2 aromatic carbocycles. The topological polar surface area (TPSA) is 34.0 Å². The van der Waals surface area contributed by atoms with Crippen molar-refractivity contribution in [3.05, 3.63) is 60.7 Å². The molecule has 0 radical (unpaired) electrons. The van der Waals surface area contributed by atoms with E-state index in [1.807, 2.05) is 60.7 Å². The standard InChI is InChI=1S/C14H12N2O/c1-3-7-13(8-4-1)15-11-17-12-16-14-9-5-2-6-10-14/h1-12H. The van der Waals surface area contributed by atoms with Crippen molar-refractivity contribution in [1.29, 1.82) is 0 Å². The van der Waals surface area contributed by atoms with Crippen molar-refractivity contribution in [1.82, 2.24) is 0 Å². The molecule has 0 fully saturated rings. The largest absolute Gasteiger partial charge is 0.434 e. The zero-order chi connectivity index (χ0) is 11.8. The van der Waals surface area contributed by atoms with E-state index in [-0.39, 0.29) is 0 Å². The summed E-state index contributed by atoms with van der Waals surface area (Å²) in [5.74, 6) is 0. The van der Waals surface area contributed by atoms with Gasteiger partial charge in [0.25, 0.3) is 0 Å². The van der Waals surface area contributed by atoms with Crippen LogP contribution < -0.4 is 0 Å². The highest BCUT2D eigenvalue weighted by Crippen LogP contribution is 2.09. The molecule has 3 nitrogen and oxygen atoms in total. The van der Waals surface area contributed by atoms with Crippen LogP contribution in [0, 0.1) is 0 Å². The Kier molecular flexibility index (Phi) is 4.06. The average Bonchev–Trinajstić information content (AvgIpc) is 2.41. The van der Waals surface area contributed by atoms with E-state index in [4.69, 9.17) is 4.74 Å². The summed E-state index contributed by atoms with van der Waals surface area (Å²) in [6.45, 7) is 0. The van der Waals surface area contributed by atoms with Gasteiger partial charge in [0.05, 0.1) is 11.4 Å². The smallest absolute Gasteiger partial charge is 0.183 e. The van der Waals surface area contributed by atoms with Crippen LogP contribution in [-0.4, -0.2) is 12.8 Å². The molecular weight excluding hydrogens is 212 g/mol. The number of para-hydroxylation sites is 2. The molecule has 0 unspecified atom stereocenters. The maximum absolute atomic E-state index is 5.06. The minimum atomic E-state index is 0.848. The van der Waals surface area contributed by atoms with Gasteiger partial charge in [-0.15, -0.1) is 0 Å². The van der Waals surface area contributed by atoms with E-state index >= 15 is 0 Å². The first-order valence-electron chi connectivity index (χ1n) is 5.26. The van der Waals surface area contributed by atoms with Crippen molar-refractivity contribution in [3.8, 4) is 0 Å². The number of nitrogens with zero attached hydrogens (tertiary/aromatic N) is 2. The normalized spacial score (nSPS) is 11.1. The molecule has 0 heterocycles. The Labute approximate surface area is 100 Å². The van der Waals surface area contributed by atoms with Crippen molar-refractivity contribution >= 4 is 24.2 Å². The van der Waals surface area contributed by atoms with Gasteiger partial charge in [0.1, 0.15) is 0 Å². The average molecular weight is 224 g/mol. The third kappa shape index (κ3) is 3.91. The molecular formula is C14H12N2O. The molecule has 0 aliphatic heterocycles. The number of rotatable bonds is 4. The van der Waals surface area contributed by atoms with Crippen LogP contribution >= 0.6 is 0 Å². The fraction of sp³-hybridized carbons (Fsp3) is 0. The third-order valence-electron chi connectivity index (χ3n) is 2.04. The maximum Gasteiger partial charge on any atom is 0.183 e. The summed E-state index contributed by atoms with van der Waals surface area (Å²) >= 11 is 0. The van der Waals surface area contributed by atoms with Gasteiger partial charge in [-0.1, -0.05) is 36.4 Å². The lowest BCUT2D eigenvalue weighted by atomic mass is 10.3. The lowest BCUT2D eigenvalue weighted by Crippen LogP contribution is -1.82. The molecule has 0 saturated carbocycles. The highest BCUT2D eigenvalue weighted by atomic mass is 16.5. The van der Waals surface area contributed by atoms with Crippen molar-refractivity contribution < 1.29 is 4.74 Å². The molecule has 3 heteroatoms. The molecule has 0 aromatic heterocycles. The lowest BCUT2D eigenvalue weighted by molar-refractivity contribution is 0.595. The highest BCUT2D eigenvalue weighted by molar-refractivity contribution is 5.68. The first kappa shape index (κ1) is 11.1. The predicted molar refractivity (Wildman–Crippen MR) is 70.3 cm³/mol. The van der Waals surface area contributed by atoms with E-state index in [1.165, 1.54) is 12.8 Å². The summed E-state index contributed by atoms with van der Waals surface area (Å²) in [6, 6.07) is 19.2. The number of ether oxygens (including phenoxy) is 1. The summed E-state index contributed by atoms with van der Waals surface area (Å²) in [7, 11) is 0. The van der Waals surface area contributed by atoms with Crippen LogP contribution in [0.1, 0.15) is 0 Å². The highest BCUT2D eigenvalue weighted by Gasteiger charge is 1.84. The van der Waals surface area contributed by atoms with Gasteiger partial charge >= 0.3 is 0 Å². The van der Waals surface area contributed by atoms with Gasteiger partial charge in [-0.25, -0.2) is 9.98 Å². The van der Waals surface area contributed by atoms with Gasteiger partial charge in [-0.05, 0) is 24.3 Å². The SMILES string of the molecule is C(=Nc1ccccc1)OC=Nc1ccccc1. The van der Waals surface area contributed by atoms with E-state index in [9.17, 15) is 0 Å².